The number of ketones is 1. The van der Waals surface area contributed by atoms with Crippen molar-refractivity contribution in [2.45, 2.75) is 18.8 Å². The molecule has 1 heterocycles. The number of hydrogen-bond donors (Lipinski definition) is 1. The number of benzene rings is 2. The molecule has 0 fully saturated rings. The van der Waals surface area contributed by atoms with E-state index >= 15 is 0 Å². The monoisotopic (exact) mass is 281 g/mol. The first kappa shape index (κ1) is 13.7. The molecule has 0 spiro atoms. The number of methoxy groups -OCH3 is 1. The molecule has 0 saturated heterocycles. The van der Waals surface area contributed by atoms with E-state index in [1.54, 1.807) is 7.11 Å². The van der Waals surface area contributed by atoms with E-state index in [0.29, 0.717) is 18.8 Å². The summed E-state index contributed by atoms with van der Waals surface area (Å²) < 4.78 is 5.20. The molecule has 3 rings (SSSR count). The smallest absolute Gasteiger partial charge is 0.137 e. The quantitative estimate of drug-likeness (QED) is 0.912. The third-order valence-electron chi connectivity index (χ3n) is 3.95. The fourth-order valence-corrected chi connectivity index (χ4v) is 2.90. The van der Waals surface area contributed by atoms with Crippen molar-refractivity contribution in [3.63, 3.8) is 0 Å². The van der Waals surface area contributed by atoms with Gasteiger partial charge in [0, 0.05) is 31.0 Å². The minimum atomic E-state index is 0.270. The van der Waals surface area contributed by atoms with Gasteiger partial charge < -0.3 is 10.1 Å². The zero-order valence-corrected chi connectivity index (χ0v) is 12.1. The number of fused-ring (bicyclic) bond motifs is 1. The molecule has 0 amide bonds. The number of hydrogen-bond acceptors (Lipinski definition) is 3. The van der Waals surface area contributed by atoms with Gasteiger partial charge in [0.1, 0.15) is 11.5 Å². The molecule has 0 aliphatic carbocycles. The van der Waals surface area contributed by atoms with Gasteiger partial charge in [-0.3, -0.25) is 4.79 Å². The van der Waals surface area contributed by atoms with Crippen LogP contribution < -0.4 is 10.1 Å². The maximum Gasteiger partial charge on any atom is 0.137 e. The summed E-state index contributed by atoms with van der Waals surface area (Å²) in [5.41, 5.74) is 3.44. The third-order valence-corrected chi connectivity index (χ3v) is 3.95. The summed E-state index contributed by atoms with van der Waals surface area (Å²) in [6.07, 6.45) is 1.05. The van der Waals surface area contributed by atoms with Crippen LogP contribution >= 0.6 is 0 Å². The fraction of sp³-hybridized carbons (Fsp3) is 0.278. The largest absolute Gasteiger partial charge is 0.497 e. The van der Waals surface area contributed by atoms with E-state index < -0.39 is 0 Å². The van der Waals surface area contributed by atoms with Crippen LogP contribution in [0.25, 0.3) is 0 Å². The lowest BCUT2D eigenvalue weighted by atomic mass is 9.93. The first-order chi connectivity index (χ1) is 10.3. The lowest BCUT2D eigenvalue weighted by Crippen LogP contribution is -2.11. The first-order valence-corrected chi connectivity index (χ1v) is 7.23. The number of rotatable bonds is 5. The summed E-state index contributed by atoms with van der Waals surface area (Å²) in [7, 11) is 1.64. The number of Topliss-reactive ketones (excluding diaryl/α,β-unsaturated/α-hetero) is 1. The molecule has 2 aromatic carbocycles. The Morgan fingerprint density at radius 2 is 2.10 bits per heavy atom. The Morgan fingerprint density at radius 1 is 1.24 bits per heavy atom. The van der Waals surface area contributed by atoms with Crippen molar-refractivity contribution < 1.29 is 9.53 Å². The summed E-state index contributed by atoms with van der Waals surface area (Å²) >= 11 is 0. The van der Waals surface area contributed by atoms with Crippen molar-refractivity contribution in [3.05, 3.63) is 59.7 Å². The molecule has 0 bridgehead atoms. The summed E-state index contributed by atoms with van der Waals surface area (Å²) in [5, 5.41) is 3.37. The van der Waals surface area contributed by atoms with Gasteiger partial charge in [0.15, 0.2) is 0 Å². The summed E-state index contributed by atoms with van der Waals surface area (Å²) in [5.74, 6) is 1.36. The topological polar surface area (TPSA) is 38.3 Å². The fourth-order valence-electron chi connectivity index (χ4n) is 2.90. The molecular weight excluding hydrogens is 262 g/mol. The van der Waals surface area contributed by atoms with E-state index in [4.69, 9.17) is 4.74 Å². The van der Waals surface area contributed by atoms with Crippen LogP contribution in [-0.4, -0.2) is 19.4 Å². The Bertz CT molecular complexity index is 651. The molecule has 21 heavy (non-hydrogen) atoms. The summed E-state index contributed by atoms with van der Waals surface area (Å²) in [6.45, 7) is 0.850. The molecule has 2 aromatic rings. The van der Waals surface area contributed by atoms with Crippen LogP contribution in [0.1, 0.15) is 23.5 Å². The first-order valence-electron chi connectivity index (χ1n) is 7.23. The van der Waals surface area contributed by atoms with Gasteiger partial charge in [-0.25, -0.2) is 0 Å². The number of carbonyl (C=O) groups is 1. The Morgan fingerprint density at radius 3 is 2.95 bits per heavy atom. The van der Waals surface area contributed by atoms with Gasteiger partial charge in [-0.1, -0.05) is 30.3 Å². The van der Waals surface area contributed by atoms with Gasteiger partial charge in [-0.05, 0) is 29.3 Å². The van der Waals surface area contributed by atoms with Crippen LogP contribution in [0.3, 0.4) is 0 Å². The second-order valence-corrected chi connectivity index (χ2v) is 5.44. The van der Waals surface area contributed by atoms with Crippen LogP contribution in [0.5, 0.6) is 5.75 Å². The Kier molecular flexibility index (Phi) is 3.91. The van der Waals surface area contributed by atoms with Gasteiger partial charge in [0.05, 0.1) is 7.11 Å². The van der Waals surface area contributed by atoms with E-state index in [-0.39, 0.29) is 5.78 Å². The Hall–Kier alpha value is -2.29. The van der Waals surface area contributed by atoms with Crippen LogP contribution in [0.4, 0.5) is 5.69 Å². The molecule has 0 aromatic heterocycles. The number of ether oxygens (including phenoxy) is 1. The van der Waals surface area contributed by atoms with Gasteiger partial charge in [0.25, 0.3) is 0 Å². The number of anilines is 1. The SMILES string of the molecule is COc1cccc(CC(=O)CC2CNc3ccccc32)c1. The van der Waals surface area contributed by atoms with Crippen molar-refractivity contribution in [2.75, 3.05) is 19.0 Å². The molecule has 0 saturated carbocycles. The average Bonchev–Trinajstić information content (AvgIpc) is 2.91. The van der Waals surface area contributed by atoms with Crippen molar-refractivity contribution >= 4 is 11.5 Å². The van der Waals surface area contributed by atoms with Gasteiger partial charge in [0.2, 0.25) is 0 Å². The van der Waals surface area contributed by atoms with Crippen molar-refractivity contribution in [3.8, 4) is 5.75 Å². The minimum Gasteiger partial charge on any atom is -0.497 e. The zero-order valence-electron chi connectivity index (χ0n) is 12.1. The maximum atomic E-state index is 12.3. The minimum absolute atomic E-state index is 0.270. The predicted molar refractivity (Wildman–Crippen MR) is 84.0 cm³/mol. The van der Waals surface area contributed by atoms with Gasteiger partial charge >= 0.3 is 0 Å². The average molecular weight is 281 g/mol. The van der Waals surface area contributed by atoms with Crippen LogP contribution in [-0.2, 0) is 11.2 Å². The molecule has 0 radical (unpaired) electrons. The second kappa shape index (κ2) is 6.00. The van der Waals surface area contributed by atoms with E-state index in [1.807, 2.05) is 36.4 Å². The van der Waals surface area contributed by atoms with Crippen LogP contribution in [0.15, 0.2) is 48.5 Å². The molecule has 3 nitrogen and oxygen atoms in total. The Balaban J connectivity index is 1.65. The number of carbonyl (C=O) groups excluding carboxylic acids is 1. The highest BCUT2D eigenvalue weighted by Crippen LogP contribution is 2.33. The zero-order chi connectivity index (χ0) is 14.7. The second-order valence-electron chi connectivity index (χ2n) is 5.44. The normalized spacial score (nSPS) is 16.1. The number of para-hydroxylation sites is 1. The van der Waals surface area contributed by atoms with Crippen LogP contribution in [0.2, 0.25) is 0 Å². The van der Waals surface area contributed by atoms with Crippen molar-refractivity contribution in [2.24, 2.45) is 0 Å². The third kappa shape index (κ3) is 3.07. The molecule has 1 unspecified atom stereocenters. The molecule has 108 valence electrons. The highest BCUT2D eigenvalue weighted by atomic mass is 16.5. The van der Waals surface area contributed by atoms with E-state index in [0.717, 1.165) is 23.5 Å². The predicted octanol–water partition coefficient (Wildman–Crippen LogP) is 3.41. The van der Waals surface area contributed by atoms with Crippen molar-refractivity contribution in [1.29, 1.82) is 0 Å². The van der Waals surface area contributed by atoms with E-state index in [1.165, 1.54) is 5.56 Å². The summed E-state index contributed by atoms with van der Waals surface area (Å²) in [4.78, 5) is 12.3. The molecular formula is C18H19NO2. The Labute approximate surface area is 124 Å². The van der Waals surface area contributed by atoms with Gasteiger partial charge in [-0.15, -0.1) is 0 Å². The number of nitrogens with one attached hydrogen (secondary N) is 1. The van der Waals surface area contributed by atoms with Crippen molar-refractivity contribution in [1.82, 2.24) is 0 Å². The molecule has 1 atom stereocenters. The highest BCUT2D eigenvalue weighted by Gasteiger charge is 2.23. The standard InChI is InChI=1S/C18H19NO2/c1-21-16-6-4-5-13(10-16)9-15(20)11-14-12-19-18-8-3-2-7-17(14)18/h2-8,10,14,19H,9,11-12H2,1H3. The molecule has 3 heteroatoms. The molecule has 1 aliphatic rings. The molecule has 1 aliphatic heterocycles. The van der Waals surface area contributed by atoms with Gasteiger partial charge in [-0.2, -0.15) is 0 Å². The maximum absolute atomic E-state index is 12.3. The highest BCUT2D eigenvalue weighted by molar-refractivity contribution is 5.82. The van der Waals surface area contributed by atoms with E-state index in [2.05, 4.69) is 17.4 Å². The lowest BCUT2D eigenvalue weighted by Gasteiger charge is -2.09. The molecule has 1 N–H and O–H groups in total. The van der Waals surface area contributed by atoms with E-state index in [9.17, 15) is 4.79 Å². The lowest BCUT2D eigenvalue weighted by molar-refractivity contribution is -0.118. The summed E-state index contributed by atoms with van der Waals surface area (Å²) in [6, 6.07) is 16.0. The van der Waals surface area contributed by atoms with Crippen LogP contribution in [0, 0.1) is 0 Å².